The number of hydrogen-bond acceptors (Lipinski definition) is 5. The molecule has 8 heteroatoms. The number of piperidine rings is 1. The van der Waals surface area contributed by atoms with Crippen LogP contribution in [0, 0.1) is 3.57 Å². The van der Waals surface area contributed by atoms with Crippen LogP contribution >= 0.6 is 33.9 Å². The fourth-order valence-corrected chi connectivity index (χ4v) is 4.40. The molecule has 0 unspecified atom stereocenters. The van der Waals surface area contributed by atoms with Gasteiger partial charge in [-0.2, -0.15) is 9.61 Å². The molecule has 0 N–H and O–H groups in total. The van der Waals surface area contributed by atoms with Crippen molar-refractivity contribution >= 4 is 44.8 Å². The summed E-state index contributed by atoms with van der Waals surface area (Å²) in [5, 5.41) is 13.7. The first-order valence-electron chi connectivity index (χ1n) is 7.92. The van der Waals surface area contributed by atoms with Gasteiger partial charge in [-0.05, 0) is 60.9 Å². The van der Waals surface area contributed by atoms with Gasteiger partial charge in [-0.15, -0.1) is 10.2 Å². The summed E-state index contributed by atoms with van der Waals surface area (Å²) in [7, 11) is 0. The molecule has 1 fully saturated rings. The molecular weight excluding hydrogens is 437 g/mol. The Bertz CT molecular complexity index is 905. The minimum atomic E-state index is -0.0748. The second kappa shape index (κ2) is 6.40. The van der Waals surface area contributed by atoms with Crippen LogP contribution in [0.1, 0.15) is 36.8 Å². The lowest BCUT2D eigenvalue weighted by molar-refractivity contribution is 0.0620. The van der Waals surface area contributed by atoms with E-state index in [1.54, 1.807) is 4.52 Å². The van der Waals surface area contributed by atoms with Crippen molar-refractivity contribution in [2.45, 2.75) is 32.2 Å². The van der Waals surface area contributed by atoms with Gasteiger partial charge in [0.05, 0.1) is 0 Å². The molecule has 124 valence electrons. The van der Waals surface area contributed by atoms with Gasteiger partial charge in [0.1, 0.15) is 5.01 Å². The van der Waals surface area contributed by atoms with Gasteiger partial charge in [0.2, 0.25) is 10.8 Å². The second-order valence-electron chi connectivity index (χ2n) is 5.98. The van der Waals surface area contributed by atoms with Crippen LogP contribution in [0.2, 0.25) is 0 Å². The lowest BCUT2D eigenvalue weighted by Crippen LogP contribution is -2.42. The molecular formula is C16H16IN5OS. The quantitative estimate of drug-likeness (QED) is 0.558. The molecule has 1 aliphatic rings. The smallest absolute Gasteiger partial charge is 0.293 e. The van der Waals surface area contributed by atoms with Crippen molar-refractivity contribution in [2.24, 2.45) is 0 Å². The highest BCUT2D eigenvalue weighted by molar-refractivity contribution is 14.1. The Hall–Kier alpha value is -1.55. The summed E-state index contributed by atoms with van der Waals surface area (Å²) in [6.45, 7) is 2.87. The molecule has 3 aromatic rings. The van der Waals surface area contributed by atoms with Crippen molar-refractivity contribution < 1.29 is 4.79 Å². The van der Waals surface area contributed by atoms with E-state index in [4.69, 9.17) is 0 Å². The SMILES string of the molecule is C[C@H]1CCCCN1C(=O)c1nnc2sc(-c3cccc(I)c3)nn12. The number of carbonyl (C=O) groups is 1. The van der Waals surface area contributed by atoms with Gasteiger partial charge < -0.3 is 4.90 Å². The minimum Gasteiger partial charge on any atom is -0.333 e. The molecule has 2 aromatic heterocycles. The van der Waals surface area contributed by atoms with Crippen LogP contribution < -0.4 is 0 Å². The molecule has 3 heterocycles. The van der Waals surface area contributed by atoms with E-state index in [0.29, 0.717) is 10.8 Å². The highest BCUT2D eigenvalue weighted by atomic mass is 127. The summed E-state index contributed by atoms with van der Waals surface area (Å²) in [6.07, 6.45) is 3.26. The fraction of sp³-hybridized carbons (Fsp3) is 0.375. The molecule has 1 aromatic carbocycles. The van der Waals surface area contributed by atoms with Crippen molar-refractivity contribution in [1.29, 1.82) is 0 Å². The summed E-state index contributed by atoms with van der Waals surface area (Å²) < 4.78 is 2.73. The molecule has 0 spiro atoms. The van der Waals surface area contributed by atoms with Crippen molar-refractivity contribution in [3.05, 3.63) is 33.7 Å². The molecule has 1 saturated heterocycles. The van der Waals surface area contributed by atoms with Gasteiger partial charge in [-0.1, -0.05) is 23.5 Å². The number of halogens is 1. The maximum atomic E-state index is 12.9. The number of amides is 1. The van der Waals surface area contributed by atoms with Gasteiger partial charge in [-0.25, -0.2) is 0 Å². The zero-order valence-corrected chi connectivity index (χ0v) is 16.1. The maximum Gasteiger partial charge on any atom is 0.293 e. The monoisotopic (exact) mass is 453 g/mol. The third kappa shape index (κ3) is 2.81. The largest absolute Gasteiger partial charge is 0.333 e. The van der Waals surface area contributed by atoms with Crippen molar-refractivity contribution in [3.63, 3.8) is 0 Å². The number of benzene rings is 1. The molecule has 0 aliphatic carbocycles. The number of rotatable bonds is 2. The first kappa shape index (κ1) is 15.9. The second-order valence-corrected chi connectivity index (χ2v) is 8.18. The molecule has 1 aliphatic heterocycles. The Labute approximate surface area is 157 Å². The van der Waals surface area contributed by atoms with E-state index in [0.717, 1.165) is 33.5 Å². The average molecular weight is 453 g/mol. The van der Waals surface area contributed by atoms with Crippen molar-refractivity contribution in [3.8, 4) is 10.6 Å². The molecule has 4 rings (SSSR count). The van der Waals surface area contributed by atoms with E-state index in [1.165, 1.54) is 17.8 Å². The molecule has 0 bridgehead atoms. The van der Waals surface area contributed by atoms with E-state index < -0.39 is 0 Å². The summed E-state index contributed by atoms with van der Waals surface area (Å²) >= 11 is 3.73. The van der Waals surface area contributed by atoms with Crippen LogP contribution in [-0.4, -0.2) is 43.2 Å². The average Bonchev–Trinajstić information content (AvgIpc) is 3.15. The number of aromatic nitrogens is 4. The number of fused-ring (bicyclic) bond motifs is 1. The highest BCUT2D eigenvalue weighted by Crippen LogP contribution is 2.27. The Morgan fingerprint density at radius 2 is 2.21 bits per heavy atom. The molecule has 24 heavy (non-hydrogen) atoms. The molecule has 1 amide bonds. The van der Waals surface area contributed by atoms with E-state index in [1.807, 2.05) is 23.1 Å². The Morgan fingerprint density at radius 3 is 3.00 bits per heavy atom. The normalized spacial score (nSPS) is 18.2. The molecule has 0 saturated carbocycles. The van der Waals surface area contributed by atoms with Crippen LogP contribution in [0.5, 0.6) is 0 Å². The first-order chi connectivity index (χ1) is 11.6. The predicted molar refractivity (Wildman–Crippen MR) is 101 cm³/mol. The van der Waals surface area contributed by atoms with E-state index in [9.17, 15) is 4.79 Å². The first-order valence-corrected chi connectivity index (χ1v) is 9.82. The third-order valence-electron chi connectivity index (χ3n) is 4.32. The van der Waals surface area contributed by atoms with Crippen molar-refractivity contribution in [1.82, 2.24) is 24.7 Å². The van der Waals surface area contributed by atoms with Gasteiger partial charge in [0.25, 0.3) is 5.91 Å². The molecule has 1 atom stereocenters. The summed E-state index contributed by atoms with van der Waals surface area (Å²) in [4.78, 5) is 15.4. The lowest BCUT2D eigenvalue weighted by atomic mass is 10.0. The highest BCUT2D eigenvalue weighted by Gasteiger charge is 2.28. The Balaban J connectivity index is 1.71. The zero-order valence-electron chi connectivity index (χ0n) is 13.1. The van der Waals surface area contributed by atoms with Gasteiger partial charge in [-0.3, -0.25) is 4.79 Å². The van der Waals surface area contributed by atoms with Crippen LogP contribution in [0.25, 0.3) is 15.5 Å². The summed E-state index contributed by atoms with van der Waals surface area (Å²) in [6, 6.07) is 8.37. The van der Waals surface area contributed by atoms with Crippen LogP contribution in [0.4, 0.5) is 0 Å². The molecule has 0 radical (unpaired) electrons. The number of hydrogen-bond donors (Lipinski definition) is 0. The maximum absolute atomic E-state index is 12.9. The van der Waals surface area contributed by atoms with E-state index in [-0.39, 0.29) is 11.9 Å². The van der Waals surface area contributed by atoms with Crippen LogP contribution in [0.15, 0.2) is 24.3 Å². The standard InChI is InChI=1S/C16H16IN5OS/c1-10-5-2-3-8-21(10)15(23)13-18-19-16-22(13)20-14(24-16)11-6-4-7-12(17)9-11/h4,6-7,9-10H,2-3,5,8H2,1H3/t10-/m0/s1. The van der Waals surface area contributed by atoms with E-state index in [2.05, 4.69) is 50.9 Å². The summed E-state index contributed by atoms with van der Waals surface area (Å²) in [5.41, 5.74) is 1.03. The number of likely N-dealkylation sites (tertiary alicyclic amines) is 1. The zero-order chi connectivity index (χ0) is 16.7. The molecule has 6 nitrogen and oxygen atoms in total. The summed E-state index contributed by atoms with van der Waals surface area (Å²) in [5.74, 6) is 0.237. The van der Waals surface area contributed by atoms with Crippen LogP contribution in [-0.2, 0) is 0 Å². The van der Waals surface area contributed by atoms with Gasteiger partial charge in [0, 0.05) is 21.7 Å². The number of carbonyl (C=O) groups excluding carboxylic acids is 1. The van der Waals surface area contributed by atoms with Crippen LogP contribution in [0.3, 0.4) is 0 Å². The third-order valence-corrected chi connectivity index (χ3v) is 5.94. The van der Waals surface area contributed by atoms with Gasteiger partial charge >= 0.3 is 0 Å². The minimum absolute atomic E-state index is 0.0748. The van der Waals surface area contributed by atoms with Gasteiger partial charge in [0.15, 0.2) is 0 Å². The Kier molecular flexibility index (Phi) is 4.25. The lowest BCUT2D eigenvalue weighted by Gasteiger charge is -2.32. The van der Waals surface area contributed by atoms with Crippen molar-refractivity contribution in [2.75, 3.05) is 6.54 Å². The Morgan fingerprint density at radius 1 is 1.33 bits per heavy atom. The number of nitrogens with zero attached hydrogens (tertiary/aromatic N) is 5. The topological polar surface area (TPSA) is 63.4 Å². The fourth-order valence-electron chi connectivity index (χ4n) is 3.02. The predicted octanol–water partition coefficient (Wildman–Crippen LogP) is 3.47. The van der Waals surface area contributed by atoms with E-state index >= 15 is 0 Å².